The maximum Gasteiger partial charge on any atom is 0.216 e. The van der Waals surface area contributed by atoms with E-state index < -0.39 is 15.8 Å². The van der Waals surface area contributed by atoms with Gasteiger partial charge in [0.25, 0.3) is 0 Å². The predicted octanol–water partition coefficient (Wildman–Crippen LogP) is 1.65. The molecule has 1 aromatic rings. The molecule has 0 spiro atoms. The van der Waals surface area contributed by atoms with Crippen LogP contribution < -0.4 is 10.0 Å². The Morgan fingerprint density at radius 1 is 1.37 bits per heavy atom. The highest BCUT2D eigenvalue weighted by Gasteiger charge is 2.20. The predicted molar refractivity (Wildman–Crippen MR) is 73.1 cm³/mol. The van der Waals surface area contributed by atoms with E-state index in [0.29, 0.717) is 5.56 Å². The average Bonchev–Trinajstić information content (AvgIpc) is 2.34. The first kappa shape index (κ1) is 14.7. The average molecular weight is 307 g/mol. The van der Waals surface area contributed by atoms with Gasteiger partial charge in [-0.15, -0.1) is 0 Å². The zero-order valence-electron chi connectivity index (χ0n) is 10.3. The Bertz CT molecular complexity index is 545. The summed E-state index contributed by atoms with van der Waals surface area (Å²) in [6, 6.07) is 3.93. The van der Waals surface area contributed by atoms with Crippen molar-refractivity contribution < 1.29 is 12.8 Å². The van der Waals surface area contributed by atoms with Gasteiger partial charge in [0.1, 0.15) is 5.82 Å². The molecule has 0 aromatic heterocycles. The molecule has 106 valence electrons. The van der Waals surface area contributed by atoms with E-state index in [2.05, 4.69) is 10.0 Å². The number of nitrogens with one attached hydrogen (secondary N) is 2. The van der Waals surface area contributed by atoms with Crippen molar-refractivity contribution in [1.82, 2.24) is 10.0 Å². The molecule has 19 heavy (non-hydrogen) atoms. The number of benzene rings is 1. The monoisotopic (exact) mass is 306 g/mol. The van der Waals surface area contributed by atoms with E-state index in [-0.39, 0.29) is 16.8 Å². The molecule has 0 bridgehead atoms. The van der Waals surface area contributed by atoms with Crippen LogP contribution in [0.3, 0.4) is 0 Å². The van der Waals surface area contributed by atoms with Gasteiger partial charge in [-0.3, -0.25) is 0 Å². The lowest BCUT2D eigenvalue weighted by Crippen LogP contribution is -2.43. The van der Waals surface area contributed by atoms with Crippen LogP contribution in [0.5, 0.6) is 0 Å². The normalized spacial score (nSPS) is 17.6. The lowest BCUT2D eigenvalue weighted by atomic mass is 10.1. The second-order valence-electron chi connectivity index (χ2n) is 4.65. The van der Waals surface area contributed by atoms with Crippen LogP contribution in [0, 0.1) is 5.82 Å². The topological polar surface area (TPSA) is 58.2 Å². The summed E-state index contributed by atoms with van der Waals surface area (Å²) in [4.78, 5) is 0. The standard InChI is InChI=1S/C12H16ClFN2O2S/c13-11-7-9(1-2-12(11)14)8-19(17,18)16-10-3-5-15-6-4-10/h1-2,7,10,15-16H,3-6,8H2. The van der Waals surface area contributed by atoms with Gasteiger partial charge in [-0.1, -0.05) is 17.7 Å². The molecule has 1 aliphatic rings. The number of hydrogen-bond acceptors (Lipinski definition) is 3. The zero-order chi connectivity index (χ0) is 13.9. The second-order valence-corrected chi connectivity index (χ2v) is 6.81. The largest absolute Gasteiger partial charge is 0.317 e. The van der Waals surface area contributed by atoms with Gasteiger partial charge in [0.2, 0.25) is 10.0 Å². The summed E-state index contributed by atoms with van der Waals surface area (Å²) in [5, 5.41) is 3.11. The van der Waals surface area contributed by atoms with Crippen LogP contribution in [0.1, 0.15) is 18.4 Å². The smallest absolute Gasteiger partial charge is 0.216 e. The fourth-order valence-electron chi connectivity index (χ4n) is 2.08. The minimum atomic E-state index is -3.42. The lowest BCUT2D eigenvalue weighted by molar-refractivity contribution is 0.427. The first-order valence-corrected chi connectivity index (χ1v) is 8.14. The molecule has 2 N–H and O–H groups in total. The zero-order valence-corrected chi connectivity index (χ0v) is 11.9. The van der Waals surface area contributed by atoms with Gasteiger partial charge in [-0.05, 0) is 43.6 Å². The Morgan fingerprint density at radius 2 is 2.05 bits per heavy atom. The van der Waals surface area contributed by atoms with E-state index in [1.807, 2.05) is 0 Å². The van der Waals surface area contributed by atoms with Crippen LogP contribution in [-0.4, -0.2) is 27.5 Å². The van der Waals surface area contributed by atoms with Gasteiger partial charge in [-0.25, -0.2) is 17.5 Å². The second kappa shape index (κ2) is 6.17. The fourth-order valence-corrected chi connectivity index (χ4v) is 3.73. The molecular formula is C12H16ClFN2O2S. The molecule has 1 aliphatic heterocycles. The Balaban J connectivity index is 2.01. The van der Waals surface area contributed by atoms with Gasteiger partial charge < -0.3 is 5.32 Å². The van der Waals surface area contributed by atoms with Crippen molar-refractivity contribution >= 4 is 21.6 Å². The molecule has 1 saturated heterocycles. The van der Waals surface area contributed by atoms with Crippen LogP contribution in [0.25, 0.3) is 0 Å². The summed E-state index contributed by atoms with van der Waals surface area (Å²) < 4.78 is 39.7. The van der Waals surface area contributed by atoms with E-state index in [9.17, 15) is 12.8 Å². The van der Waals surface area contributed by atoms with Gasteiger partial charge >= 0.3 is 0 Å². The van der Waals surface area contributed by atoms with Crippen molar-refractivity contribution in [3.05, 3.63) is 34.6 Å². The molecule has 7 heteroatoms. The third-order valence-corrected chi connectivity index (χ3v) is 4.72. The number of sulfonamides is 1. The van der Waals surface area contributed by atoms with Gasteiger partial charge in [0.15, 0.2) is 0 Å². The van der Waals surface area contributed by atoms with E-state index >= 15 is 0 Å². The molecule has 0 atom stereocenters. The maximum absolute atomic E-state index is 13.0. The lowest BCUT2D eigenvalue weighted by Gasteiger charge is -2.23. The van der Waals surface area contributed by atoms with Crippen LogP contribution in [0.15, 0.2) is 18.2 Å². The van der Waals surface area contributed by atoms with Gasteiger partial charge in [0.05, 0.1) is 10.8 Å². The first-order chi connectivity index (χ1) is 8.96. The quantitative estimate of drug-likeness (QED) is 0.889. The van der Waals surface area contributed by atoms with Crippen molar-refractivity contribution in [2.24, 2.45) is 0 Å². The van der Waals surface area contributed by atoms with Crippen LogP contribution in [0.2, 0.25) is 5.02 Å². The highest BCUT2D eigenvalue weighted by atomic mass is 35.5. The minimum absolute atomic E-state index is 0.0258. The van der Waals surface area contributed by atoms with Crippen molar-refractivity contribution in [2.45, 2.75) is 24.6 Å². The molecule has 0 unspecified atom stereocenters. The van der Waals surface area contributed by atoms with Crippen molar-refractivity contribution in [1.29, 1.82) is 0 Å². The molecule has 4 nitrogen and oxygen atoms in total. The van der Waals surface area contributed by atoms with E-state index in [0.717, 1.165) is 25.9 Å². The highest BCUT2D eigenvalue weighted by Crippen LogP contribution is 2.17. The SMILES string of the molecule is O=S(=O)(Cc1ccc(F)c(Cl)c1)NC1CCNCC1. The summed E-state index contributed by atoms with van der Waals surface area (Å²) in [5.41, 5.74) is 0.479. The molecule has 1 aromatic carbocycles. The molecule has 0 radical (unpaired) electrons. The molecule has 1 heterocycles. The molecular weight excluding hydrogens is 291 g/mol. The number of rotatable bonds is 4. The molecule has 0 aliphatic carbocycles. The summed E-state index contributed by atoms with van der Waals surface area (Å²) in [7, 11) is -3.42. The van der Waals surface area contributed by atoms with E-state index in [1.165, 1.54) is 18.2 Å². The maximum atomic E-state index is 13.0. The number of piperidine rings is 1. The Labute approximate surface area is 117 Å². The number of halogens is 2. The van der Waals surface area contributed by atoms with Gasteiger partial charge in [-0.2, -0.15) is 0 Å². The Kier molecular flexibility index (Phi) is 4.78. The van der Waals surface area contributed by atoms with Crippen LogP contribution >= 0.6 is 11.6 Å². The van der Waals surface area contributed by atoms with E-state index in [1.54, 1.807) is 0 Å². The summed E-state index contributed by atoms with van der Waals surface area (Å²) in [6.07, 6.45) is 1.56. The minimum Gasteiger partial charge on any atom is -0.317 e. The Hall–Kier alpha value is -0.690. The molecule has 0 amide bonds. The van der Waals surface area contributed by atoms with Crippen molar-refractivity contribution in [2.75, 3.05) is 13.1 Å². The summed E-state index contributed by atoms with van der Waals surface area (Å²) in [6.45, 7) is 1.63. The summed E-state index contributed by atoms with van der Waals surface area (Å²) >= 11 is 5.64. The van der Waals surface area contributed by atoms with E-state index in [4.69, 9.17) is 11.6 Å². The van der Waals surface area contributed by atoms with Crippen molar-refractivity contribution in [3.63, 3.8) is 0 Å². The number of hydrogen-bond donors (Lipinski definition) is 2. The third-order valence-electron chi connectivity index (χ3n) is 3.03. The molecule has 2 rings (SSSR count). The third kappa shape index (κ3) is 4.42. The highest BCUT2D eigenvalue weighted by molar-refractivity contribution is 7.88. The first-order valence-electron chi connectivity index (χ1n) is 6.11. The van der Waals surface area contributed by atoms with Crippen molar-refractivity contribution in [3.8, 4) is 0 Å². The molecule has 1 fully saturated rings. The Morgan fingerprint density at radius 3 is 2.68 bits per heavy atom. The molecule has 0 saturated carbocycles. The van der Waals surface area contributed by atoms with Crippen LogP contribution in [-0.2, 0) is 15.8 Å². The fraction of sp³-hybridized carbons (Fsp3) is 0.500. The van der Waals surface area contributed by atoms with Gasteiger partial charge in [0, 0.05) is 6.04 Å². The van der Waals surface area contributed by atoms with Crippen LogP contribution in [0.4, 0.5) is 4.39 Å². The summed E-state index contributed by atoms with van der Waals surface area (Å²) in [5.74, 6) is -0.731.